The average Bonchev–Trinajstić information content (AvgIpc) is 2.11. The van der Waals surface area contributed by atoms with Crippen molar-refractivity contribution < 1.29 is 42.3 Å². The maximum absolute atomic E-state index is 11.5. The molecular weight excluding hydrogens is 257 g/mol. The minimum absolute atomic E-state index is 0. The van der Waals surface area contributed by atoms with Gasteiger partial charge in [-0.1, -0.05) is 0 Å². The molecule has 0 unspecified atom stereocenters. The van der Waals surface area contributed by atoms with Crippen LogP contribution in [-0.4, -0.2) is 48.7 Å². The molecule has 0 aliphatic carbocycles. The van der Waals surface area contributed by atoms with Crippen molar-refractivity contribution in [2.24, 2.45) is 0 Å². The minimum Gasteiger partial charge on any atom is -0.520 e. The van der Waals surface area contributed by atoms with Gasteiger partial charge in [-0.3, -0.25) is 16.7 Å². The molecule has 0 aromatic heterocycles. The fraction of sp³-hybridized carbons (Fsp3) is 0.556. The van der Waals surface area contributed by atoms with Crippen LogP contribution in [0.4, 0.5) is 0 Å². The van der Waals surface area contributed by atoms with Crippen LogP contribution in [0.2, 0.25) is 0 Å². The Balaban J connectivity index is 0. The molecule has 79 valence electrons. The van der Waals surface area contributed by atoms with Crippen LogP contribution in [0.5, 0.6) is 0 Å². The molecule has 0 aliphatic rings. The Morgan fingerprint density at radius 1 is 1.50 bits per heavy atom. The Hall–Kier alpha value is 0.204. The van der Waals surface area contributed by atoms with E-state index in [0.717, 1.165) is 6.29 Å². The summed E-state index contributed by atoms with van der Waals surface area (Å²) < 4.78 is 0. The van der Waals surface area contributed by atoms with Crippen molar-refractivity contribution >= 4 is 12.2 Å². The van der Waals surface area contributed by atoms with E-state index in [1.165, 1.54) is 4.90 Å². The first-order valence-electron chi connectivity index (χ1n) is 4.05. The third kappa shape index (κ3) is 5.18. The fourth-order valence-corrected chi connectivity index (χ4v) is 0.945. The van der Waals surface area contributed by atoms with Crippen molar-refractivity contribution in [3.63, 3.8) is 0 Å². The summed E-state index contributed by atoms with van der Waals surface area (Å²) in [6, 6.07) is -0.420. The summed E-state index contributed by atoms with van der Waals surface area (Å²) in [5, 5.41) is 0. The van der Waals surface area contributed by atoms with Gasteiger partial charge < -0.3 is 16.6 Å². The molecule has 1 atom stereocenters. The van der Waals surface area contributed by atoms with Gasteiger partial charge in [0.25, 0.3) is 0 Å². The van der Waals surface area contributed by atoms with Crippen molar-refractivity contribution in [3.8, 4) is 0 Å². The molecule has 1 amide bonds. The van der Waals surface area contributed by atoms with E-state index in [9.17, 15) is 9.59 Å². The van der Waals surface area contributed by atoms with E-state index in [2.05, 4.69) is 14.0 Å². The van der Waals surface area contributed by atoms with Gasteiger partial charge in [-0.05, 0) is 14.1 Å². The summed E-state index contributed by atoms with van der Waals surface area (Å²) in [4.78, 5) is 24.8. The summed E-state index contributed by atoms with van der Waals surface area (Å²) in [6.45, 7) is 3.85. The average molecular weight is 273 g/mol. The predicted octanol–water partition coefficient (Wildman–Crippen LogP) is -0.0426. The van der Waals surface area contributed by atoms with E-state index >= 15 is 0 Å². The van der Waals surface area contributed by atoms with Gasteiger partial charge in [0, 0.05) is 39.1 Å². The normalized spacial score (nSPS) is 11.8. The topological polar surface area (TPSA) is 40.6 Å². The molecule has 0 bridgehead atoms. The van der Waals surface area contributed by atoms with Gasteiger partial charge in [0.05, 0.1) is 6.04 Å². The Morgan fingerprint density at radius 2 is 2.00 bits per heavy atom. The zero-order valence-electron chi connectivity index (χ0n) is 8.77. The van der Waals surface area contributed by atoms with Crippen molar-refractivity contribution in [1.29, 1.82) is 0 Å². The molecule has 1 radical (unpaired) electrons. The SMILES string of the molecule is [CH2-]CN([CH2-])C(=O)[C@H](CC=O)N(C)C.[Y]. The molecule has 0 N–H and O–H groups in total. The van der Waals surface area contributed by atoms with Crippen molar-refractivity contribution in [2.75, 3.05) is 20.6 Å². The van der Waals surface area contributed by atoms with Gasteiger partial charge >= 0.3 is 0 Å². The molecule has 0 spiro atoms. The summed E-state index contributed by atoms with van der Waals surface area (Å²) in [5.41, 5.74) is 0. The van der Waals surface area contributed by atoms with E-state index in [-0.39, 0.29) is 45.0 Å². The van der Waals surface area contributed by atoms with Crippen LogP contribution in [0.25, 0.3) is 0 Å². The summed E-state index contributed by atoms with van der Waals surface area (Å²) in [6.07, 6.45) is 0.928. The largest absolute Gasteiger partial charge is 0.520 e. The van der Waals surface area contributed by atoms with Crippen LogP contribution >= 0.6 is 0 Å². The van der Waals surface area contributed by atoms with E-state index in [1.807, 2.05) is 0 Å². The van der Waals surface area contributed by atoms with Gasteiger partial charge in [0.2, 0.25) is 5.91 Å². The second-order valence-corrected chi connectivity index (χ2v) is 2.98. The Morgan fingerprint density at radius 3 is 2.29 bits per heavy atom. The van der Waals surface area contributed by atoms with Crippen LogP contribution < -0.4 is 0 Å². The van der Waals surface area contributed by atoms with Gasteiger partial charge in [-0.25, -0.2) is 0 Å². The van der Waals surface area contributed by atoms with Gasteiger partial charge in [0.15, 0.2) is 0 Å². The first kappa shape index (κ1) is 16.6. The first-order valence-corrected chi connectivity index (χ1v) is 4.05. The van der Waals surface area contributed by atoms with E-state index in [4.69, 9.17) is 0 Å². The molecule has 4 nitrogen and oxygen atoms in total. The summed E-state index contributed by atoms with van der Waals surface area (Å²) >= 11 is 0. The smallest absolute Gasteiger partial charge is 0.209 e. The maximum Gasteiger partial charge on any atom is 0.209 e. The first-order chi connectivity index (χ1) is 6.04. The molecule has 0 saturated carbocycles. The van der Waals surface area contributed by atoms with E-state index in [1.54, 1.807) is 19.0 Å². The summed E-state index contributed by atoms with van der Waals surface area (Å²) in [5.74, 6) is -0.174. The minimum atomic E-state index is -0.420. The third-order valence-electron chi connectivity index (χ3n) is 1.81. The second kappa shape index (κ2) is 8.51. The second-order valence-electron chi connectivity index (χ2n) is 2.98. The number of amides is 1. The number of aldehydes is 1. The van der Waals surface area contributed by atoms with Crippen LogP contribution in [0.3, 0.4) is 0 Å². The van der Waals surface area contributed by atoms with E-state index in [0.29, 0.717) is 6.54 Å². The number of hydrogen-bond acceptors (Lipinski definition) is 3. The van der Waals surface area contributed by atoms with Crippen molar-refractivity contribution in [1.82, 2.24) is 9.80 Å². The molecule has 0 rings (SSSR count). The van der Waals surface area contributed by atoms with Gasteiger partial charge in [-0.15, -0.1) is 6.54 Å². The molecule has 0 heterocycles. The van der Waals surface area contributed by atoms with Crippen LogP contribution in [0.15, 0.2) is 0 Å². The van der Waals surface area contributed by atoms with Crippen LogP contribution in [0.1, 0.15) is 6.42 Å². The van der Waals surface area contributed by atoms with Gasteiger partial charge in [-0.2, -0.15) is 0 Å². The predicted molar refractivity (Wildman–Crippen MR) is 50.6 cm³/mol. The number of carbonyl (C=O) groups is 2. The third-order valence-corrected chi connectivity index (χ3v) is 1.81. The summed E-state index contributed by atoms with van der Waals surface area (Å²) in [7, 11) is 7.03. The fourth-order valence-electron chi connectivity index (χ4n) is 0.945. The zero-order valence-corrected chi connectivity index (χ0v) is 11.6. The quantitative estimate of drug-likeness (QED) is 0.521. The molecule has 5 heteroatoms. The number of likely N-dealkylation sites (N-methyl/N-ethyl adjacent to an activating group) is 1. The van der Waals surface area contributed by atoms with Crippen molar-refractivity contribution in [3.05, 3.63) is 14.0 Å². The molecule has 0 aliphatic heterocycles. The molecule has 0 aromatic carbocycles. The van der Waals surface area contributed by atoms with Gasteiger partial charge in [0.1, 0.15) is 6.29 Å². The maximum atomic E-state index is 11.5. The monoisotopic (exact) mass is 273 g/mol. The van der Waals surface area contributed by atoms with Crippen LogP contribution in [-0.2, 0) is 42.3 Å². The zero-order chi connectivity index (χ0) is 10.4. The standard InChI is InChI=1S/C9H16N2O2.Y/c1-5-11(4)9(13)8(6-7-12)10(2)3;/h7-8H,1,4-6H2,2-3H3;/q-2;/t8-;/m0./s1. The Labute approximate surface area is 111 Å². The molecular formula is C9H16N2O2Y-2. The molecule has 14 heavy (non-hydrogen) atoms. The van der Waals surface area contributed by atoms with E-state index < -0.39 is 6.04 Å². The molecule has 0 saturated heterocycles. The Bertz CT molecular complexity index is 186. The van der Waals surface area contributed by atoms with Crippen LogP contribution in [0, 0.1) is 14.0 Å². The molecule has 0 aromatic rings. The van der Waals surface area contributed by atoms with Crippen molar-refractivity contribution in [2.45, 2.75) is 12.5 Å². The number of nitrogens with zero attached hydrogens (tertiary/aromatic N) is 2. The number of hydrogen-bond donors (Lipinski definition) is 0. The number of carbonyl (C=O) groups excluding carboxylic acids is 2. The molecule has 0 fully saturated rings. The Kier molecular flexibility index (Phi) is 10.1. The number of rotatable bonds is 5.